The van der Waals surface area contributed by atoms with Gasteiger partial charge in [-0.1, -0.05) is 23.6 Å². The monoisotopic (exact) mass is 144 g/mol. The van der Waals surface area contributed by atoms with E-state index in [1.807, 2.05) is 19.1 Å². The van der Waals surface area contributed by atoms with Crippen molar-refractivity contribution in [2.24, 2.45) is 0 Å². The lowest BCUT2D eigenvalue weighted by Gasteiger charge is -1.90. The number of hydrogen-bond donors (Lipinski definition) is 0. The zero-order chi connectivity index (χ0) is 7.40. The van der Waals surface area contributed by atoms with Gasteiger partial charge < -0.3 is 0 Å². The Kier molecular flexibility index (Phi) is 2.12. The van der Waals surface area contributed by atoms with Crippen molar-refractivity contribution in [2.45, 2.75) is 13.8 Å². The summed E-state index contributed by atoms with van der Waals surface area (Å²) in [6, 6.07) is 8.21. The maximum atomic E-state index is 2.98. The van der Waals surface area contributed by atoms with Gasteiger partial charge in [0.1, 0.15) is 0 Å². The first kappa shape index (κ1) is 6.89. The largest absolute Gasteiger partial charge is 0.101 e. The van der Waals surface area contributed by atoms with Gasteiger partial charge >= 0.3 is 0 Å². The third kappa shape index (κ3) is 1.63. The van der Waals surface area contributed by atoms with Crippen LogP contribution in [0, 0.1) is 18.8 Å². The number of rotatable bonds is 0. The molecule has 0 amide bonds. The Labute approximate surface area is 72.3 Å². The SMILES string of the molecule is CC#Cc1ccc(C)cc1.[HH].[HH].[HH].[HH].[HH].[HH].[HH]. The average molecular weight is 144 g/mol. The summed E-state index contributed by atoms with van der Waals surface area (Å²) >= 11 is 0. The molecular formula is C10H24. The van der Waals surface area contributed by atoms with Gasteiger partial charge in [0.25, 0.3) is 0 Å². The minimum absolute atomic E-state index is 0. The zero-order valence-corrected chi connectivity index (χ0v) is 6.31. The van der Waals surface area contributed by atoms with Crippen LogP contribution in [-0.4, -0.2) is 0 Å². The highest BCUT2D eigenvalue weighted by Gasteiger charge is 1.83. The van der Waals surface area contributed by atoms with Gasteiger partial charge in [0, 0.05) is 15.5 Å². The summed E-state index contributed by atoms with van der Waals surface area (Å²) in [5.74, 6) is 5.84. The van der Waals surface area contributed by atoms with Gasteiger partial charge in [-0.2, -0.15) is 0 Å². The second-order valence-corrected chi connectivity index (χ2v) is 2.24. The van der Waals surface area contributed by atoms with Gasteiger partial charge in [-0.3, -0.25) is 0 Å². The third-order valence-corrected chi connectivity index (χ3v) is 1.32. The third-order valence-electron chi connectivity index (χ3n) is 1.32. The van der Waals surface area contributed by atoms with E-state index in [9.17, 15) is 0 Å². The van der Waals surface area contributed by atoms with E-state index in [0.29, 0.717) is 0 Å². The van der Waals surface area contributed by atoms with Crippen LogP contribution in [0.5, 0.6) is 0 Å². The number of aryl methyl sites for hydroxylation is 1. The van der Waals surface area contributed by atoms with Gasteiger partial charge in [0.15, 0.2) is 0 Å². The van der Waals surface area contributed by atoms with Crippen molar-refractivity contribution >= 4 is 0 Å². The number of benzene rings is 1. The Bertz CT molecular complexity index is 273. The molecule has 0 nitrogen and oxygen atoms in total. The van der Waals surface area contributed by atoms with Crippen molar-refractivity contribution in [1.29, 1.82) is 0 Å². The summed E-state index contributed by atoms with van der Waals surface area (Å²) in [6.45, 7) is 3.92. The molecule has 0 aromatic heterocycles. The fourth-order valence-electron chi connectivity index (χ4n) is 0.781. The Balaban J connectivity index is -0.0000000286. The van der Waals surface area contributed by atoms with Crippen LogP contribution in [0.2, 0.25) is 0 Å². The molecule has 0 bridgehead atoms. The molecule has 0 aliphatic rings. The second kappa shape index (κ2) is 3.08. The van der Waals surface area contributed by atoms with Crippen molar-refractivity contribution < 1.29 is 9.99 Å². The summed E-state index contributed by atoms with van der Waals surface area (Å²) < 4.78 is 0. The average Bonchev–Trinajstić information content (AvgIpc) is 1.95. The fourth-order valence-corrected chi connectivity index (χ4v) is 0.781. The second-order valence-electron chi connectivity index (χ2n) is 2.24. The van der Waals surface area contributed by atoms with Crippen molar-refractivity contribution in [2.75, 3.05) is 0 Å². The van der Waals surface area contributed by atoms with Crippen molar-refractivity contribution in [3.8, 4) is 11.8 Å². The molecule has 1 aromatic rings. The quantitative estimate of drug-likeness (QED) is 0.481. The minimum atomic E-state index is 0. The molecular weight excluding hydrogens is 120 g/mol. The molecule has 64 valence electrons. The molecule has 0 saturated heterocycles. The molecule has 0 unspecified atom stereocenters. The first-order valence-electron chi connectivity index (χ1n) is 3.32. The molecule has 1 rings (SSSR count). The lowest BCUT2D eigenvalue weighted by atomic mass is 10.2. The summed E-state index contributed by atoms with van der Waals surface area (Å²) in [5, 5.41) is 0. The maximum Gasteiger partial charge on any atom is 0.0245 e. The molecule has 0 heterocycles. The molecule has 0 fully saturated rings. The van der Waals surface area contributed by atoms with Crippen molar-refractivity contribution in [1.82, 2.24) is 0 Å². The summed E-state index contributed by atoms with van der Waals surface area (Å²) in [5.41, 5.74) is 2.37. The highest BCUT2D eigenvalue weighted by Crippen LogP contribution is 2.00. The lowest BCUT2D eigenvalue weighted by molar-refractivity contribution is 1.46. The van der Waals surface area contributed by atoms with Crippen LogP contribution in [0.15, 0.2) is 24.3 Å². The Hall–Kier alpha value is -1.22. The summed E-state index contributed by atoms with van der Waals surface area (Å²) in [7, 11) is 0. The van der Waals surface area contributed by atoms with E-state index >= 15 is 0 Å². The fraction of sp³-hybridized carbons (Fsp3) is 0.200. The molecule has 0 aliphatic heterocycles. The highest BCUT2D eigenvalue weighted by molar-refractivity contribution is 5.35. The zero-order valence-electron chi connectivity index (χ0n) is 6.31. The van der Waals surface area contributed by atoms with Gasteiger partial charge in [0.05, 0.1) is 0 Å². The normalized spacial score (nSPS) is 8.20. The molecule has 10 heavy (non-hydrogen) atoms. The molecule has 0 heteroatoms. The summed E-state index contributed by atoms with van der Waals surface area (Å²) in [4.78, 5) is 0. The maximum absolute atomic E-state index is 2.98. The van der Waals surface area contributed by atoms with Crippen LogP contribution in [-0.2, 0) is 0 Å². The van der Waals surface area contributed by atoms with E-state index in [1.165, 1.54) is 5.56 Å². The van der Waals surface area contributed by atoms with Gasteiger partial charge in [-0.25, -0.2) is 0 Å². The van der Waals surface area contributed by atoms with Gasteiger partial charge in [-0.05, 0) is 26.0 Å². The van der Waals surface area contributed by atoms with Crippen LogP contribution < -0.4 is 0 Å². The van der Waals surface area contributed by atoms with E-state index in [2.05, 4.69) is 30.9 Å². The molecule has 0 spiro atoms. The van der Waals surface area contributed by atoms with Crippen LogP contribution in [0.3, 0.4) is 0 Å². The molecule has 0 aliphatic carbocycles. The van der Waals surface area contributed by atoms with E-state index in [-0.39, 0.29) is 9.99 Å². The Morgan fingerprint density at radius 3 is 2.30 bits per heavy atom. The molecule has 0 atom stereocenters. The molecule has 0 radical (unpaired) electrons. The first-order chi connectivity index (χ1) is 4.83. The first-order valence-corrected chi connectivity index (χ1v) is 3.32. The minimum Gasteiger partial charge on any atom is -0.101 e. The summed E-state index contributed by atoms with van der Waals surface area (Å²) in [6.07, 6.45) is 0. The number of hydrogen-bond acceptors (Lipinski definition) is 0. The Morgan fingerprint density at radius 2 is 1.80 bits per heavy atom. The van der Waals surface area contributed by atoms with Crippen LogP contribution in [0.4, 0.5) is 0 Å². The molecule has 1 aromatic carbocycles. The molecule has 0 N–H and O–H groups in total. The highest BCUT2D eigenvalue weighted by atomic mass is 13.9. The predicted molar refractivity (Wildman–Crippen MR) is 58.5 cm³/mol. The lowest BCUT2D eigenvalue weighted by Crippen LogP contribution is -1.73. The van der Waals surface area contributed by atoms with E-state index in [1.54, 1.807) is 0 Å². The van der Waals surface area contributed by atoms with E-state index in [4.69, 9.17) is 0 Å². The van der Waals surface area contributed by atoms with Crippen LogP contribution in [0.1, 0.15) is 28.0 Å². The van der Waals surface area contributed by atoms with Gasteiger partial charge in [0.2, 0.25) is 0 Å². The van der Waals surface area contributed by atoms with E-state index < -0.39 is 0 Å². The molecule has 0 saturated carbocycles. The van der Waals surface area contributed by atoms with E-state index in [0.717, 1.165) is 5.56 Å². The van der Waals surface area contributed by atoms with Crippen molar-refractivity contribution in [3.05, 3.63) is 35.4 Å². The Morgan fingerprint density at radius 1 is 1.20 bits per heavy atom. The van der Waals surface area contributed by atoms with Crippen molar-refractivity contribution in [3.63, 3.8) is 0 Å². The van der Waals surface area contributed by atoms with Gasteiger partial charge in [-0.15, -0.1) is 5.92 Å². The van der Waals surface area contributed by atoms with Crippen LogP contribution >= 0.6 is 0 Å². The topological polar surface area (TPSA) is 0 Å². The standard InChI is InChI=1S/C10H10.7H2/c1-3-4-10-7-5-9(2)6-8-10;;;;;;;/h5-8H,1-2H3;7*1H. The van der Waals surface area contributed by atoms with Crippen LogP contribution in [0.25, 0.3) is 0 Å². The smallest absolute Gasteiger partial charge is 0.0245 e. The predicted octanol–water partition coefficient (Wildman–Crippen LogP) is 4.09.